The van der Waals surface area contributed by atoms with E-state index in [1.54, 1.807) is 0 Å². The van der Waals surface area contributed by atoms with Crippen LogP contribution in [-0.2, 0) is 19.6 Å². The number of rotatable bonds is 5. The van der Waals surface area contributed by atoms with Crippen LogP contribution < -0.4 is 10.5 Å². The highest BCUT2D eigenvalue weighted by Gasteiger charge is 2.06. The fourth-order valence-electron chi connectivity index (χ4n) is 1.84. The summed E-state index contributed by atoms with van der Waals surface area (Å²) in [7, 11) is 0. The van der Waals surface area contributed by atoms with Gasteiger partial charge in [0.25, 0.3) is 0 Å². The lowest BCUT2D eigenvalue weighted by Gasteiger charge is -2.04. The van der Waals surface area contributed by atoms with Gasteiger partial charge in [-0.05, 0) is 42.7 Å². The number of nitrogens with two attached hydrogens (primary N) is 1. The Kier molecular flexibility index (Phi) is 4.05. The summed E-state index contributed by atoms with van der Waals surface area (Å²) in [4.78, 5) is 0. The zero-order valence-electron chi connectivity index (χ0n) is 10.9. The van der Waals surface area contributed by atoms with E-state index in [4.69, 9.17) is 14.9 Å². The minimum atomic E-state index is 0.428. The Hall–Kier alpha value is -1.74. The standard InChI is InChI=1S/C15H19NO2/c1-3-12-4-6-13(7-5-12)17-10-14-8-11(2)15(9-16)18-14/h4-8H,3,9-10,16H2,1-2H3. The molecule has 96 valence electrons. The lowest BCUT2D eigenvalue weighted by Crippen LogP contribution is -1.96. The van der Waals surface area contributed by atoms with Gasteiger partial charge in [0.1, 0.15) is 23.9 Å². The fourth-order valence-corrected chi connectivity index (χ4v) is 1.84. The Balaban J connectivity index is 1.97. The van der Waals surface area contributed by atoms with Crippen molar-refractivity contribution in [2.75, 3.05) is 0 Å². The Bertz CT molecular complexity index is 500. The van der Waals surface area contributed by atoms with Gasteiger partial charge in [-0.2, -0.15) is 0 Å². The van der Waals surface area contributed by atoms with Crippen molar-refractivity contribution >= 4 is 0 Å². The molecular weight excluding hydrogens is 226 g/mol. The third kappa shape index (κ3) is 2.93. The third-order valence-electron chi connectivity index (χ3n) is 2.97. The number of hydrogen-bond donors (Lipinski definition) is 1. The van der Waals surface area contributed by atoms with Crippen LogP contribution in [-0.4, -0.2) is 0 Å². The van der Waals surface area contributed by atoms with Gasteiger partial charge in [0, 0.05) is 0 Å². The monoisotopic (exact) mass is 245 g/mol. The highest BCUT2D eigenvalue weighted by molar-refractivity contribution is 5.27. The summed E-state index contributed by atoms with van der Waals surface area (Å²) in [6, 6.07) is 10.1. The third-order valence-corrected chi connectivity index (χ3v) is 2.97. The molecule has 2 aromatic rings. The van der Waals surface area contributed by atoms with Crippen LogP contribution in [0, 0.1) is 6.92 Å². The zero-order chi connectivity index (χ0) is 13.0. The van der Waals surface area contributed by atoms with Gasteiger partial charge in [0.15, 0.2) is 0 Å². The van der Waals surface area contributed by atoms with Crippen molar-refractivity contribution in [1.82, 2.24) is 0 Å². The summed E-state index contributed by atoms with van der Waals surface area (Å²) in [5.41, 5.74) is 7.96. The molecule has 0 unspecified atom stereocenters. The van der Waals surface area contributed by atoms with Crippen LogP contribution in [0.25, 0.3) is 0 Å². The van der Waals surface area contributed by atoms with Gasteiger partial charge in [0.05, 0.1) is 6.54 Å². The maximum absolute atomic E-state index is 5.67. The SMILES string of the molecule is CCc1ccc(OCc2cc(C)c(CN)o2)cc1. The largest absolute Gasteiger partial charge is 0.486 e. The van der Waals surface area contributed by atoms with Gasteiger partial charge < -0.3 is 14.9 Å². The maximum atomic E-state index is 5.67. The van der Waals surface area contributed by atoms with E-state index in [-0.39, 0.29) is 0 Å². The topological polar surface area (TPSA) is 48.4 Å². The van der Waals surface area contributed by atoms with Crippen LogP contribution in [0.4, 0.5) is 0 Å². The molecule has 0 aliphatic heterocycles. The normalized spacial score (nSPS) is 10.6. The first-order valence-corrected chi connectivity index (χ1v) is 6.23. The fraction of sp³-hybridized carbons (Fsp3) is 0.333. The van der Waals surface area contributed by atoms with E-state index in [0.717, 1.165) is 29.3 Å². The molecule has 2 rings (SSSR count). The summed E-state index contributed by atoms with van der Waals surface area (Å²) in [6.45, 7) is 4.99. The zero-order valence-corrected chi connectivity index (χ0v) is 10.9. The molecule has 0 aliphatic rings. The smallest absolute Gasteiger partial charge is 0.146 e. The molecule has 0 saturated heterocycles. The molecule has 0 radical (unpaired) electrons. The van der Waals surface area contributed by atoms with Crippen molar-refractivity contribution in [3.8, 4) is 5.75 Å². The van der Waals surface area contributed by atoms with Crippen LogP contribution in [0.2, 0.25) is 0 Å². The lowest BCUT2D eigenvalue weighted by atomic mass is 10.2. The molecule has 0 atom stereocenters. The number of benzene rings is 1. The van der Waals surface area contributed by atoms with E-state index >= 15 is 0 Å². The second kappa shape index (κ2) is 5.74. The van der Waals surface area contributed by atoms with Crippen molar-refractivity contribution < 1.29 is 9.15 Å². The molecule has 1 aromatic carbocycles. The van der Waals surface area contributed by atoms with Gasteiger partial charge >= 0.3 is 0 Å². The highest BCUT2D eigenvalue weighted by atomic mass is 16.5. The Morgan fingerprint density at radius 1 is 1.22 bits per heavy atom. The molecule has 0 spiro atoms. The van der Waals surface area contributed by atoms with E-state index in [1.807, 2.05) is 25.1 Å². The Morgan fingerprint density at radius 2 is 1.94 bits per heavy atom. The van der Waals surface area contributed by atoms with E-state index in [9.17, 15) is 0 Å². The van der Waals surface area contributed by atoms with Gasteiger partial charge in [-0.1, -0.05) is 19.1 Å². The molecule has 0 fully saturated rings. The summed E-state index contributed by atoms with van der Waals surface area (Å²) in [6.07, 6.45) is 1.04. The molecule has 3 nitrogen and oxygen atoms in total. The second-order valence-corrected chi connectivity index (χ2v) is 4.31. The van der Waals surface area contributed by atoms with E-state index in [2.05, 4.69) is 19.1 Å². The van der Waals surface area contributed by atoms with Crippen LogP contribution in [0.5, 0.6) is 5.75 Å². The van der Waals surface area contributed by atoms with E-state index in [0.29, 0.717) is 13.2 Å². The molecule has 0 amide bonds. The van der Waals surface area contributed by atoms with Crippen LogP contribution in [0.3, 0.4) is 0 Å². The van der Waals surface area contributed by atoms with Crippen molar-refractivity contribution in [1.29, 1.82) is 0 Å². The lowest BCUT2D eigenvalue weighted by molar-refractivity contribution is 0.266. The molecule has 1 heterocycles. The predicted octanol–water partition coefficient (Wildman–Crippen LogP) is 3.19. The quantitative estimate of drug-likeness (QED) is 0.880. The van der Waals surface area contributed by atoms with E-state index in [1.165, 1.54) is 5.56 Å². The first-order valence-electron chi connectivity index (χ1n) is 6.23. The molecule has 2 N–H and O–H groups in total. The van der Waals surface area contributed by atoms with Gasteiger partial charge in [0.2, 0.25) is 0 Å². The molecule has 18 heavy (non-hydrogen) atoms. The van der Waals surface area contributed by atoms with E-state index < -0.39 is 0 Å². The summed E-state index contributed by atoms with van der Waals surface area (Å²) in [5, 5.41) is 0. The number of aryl methyl sites for hydroxylation is 2. The molecule has 3 heteroatoms. The minimum Gasteiger partial charge on any atom is -0.486 e. The summed E-state index contributed by atoms with van der Waals surface area (Å²) in [5.74, 6) is 2.50. The predicted molar refractivity (Wildman–Crippen MR) is 71.5 cm³/mol. The van der Waals surface area contributed by atoms with Gasteiger partial charge in [-0.15, -0.1) is 0 Å². The molecule has 0 saturated carbocycles. The average Bonchev–Trinajstić information content (AvgIpc) is 2.77. The maximum Gasteiger partial charge on any atom is 0.146 e. The number of hydrogen-bond acceptors (Lipinski definition) is 3. The van der Waals surface area contributed by atoms with Crippen LogP contribution in [0.1, 0.15) is 29.6 Å². The number of furan rings is 1. The van der Waals surface area contributed by atoms with Gasteiger partial charge in [-0.25, -0.2) is 0 Å². The Morgan fingerprint density at radius 3 is 2.50 bits per heavy atom. The first-order chi connectivity index (χ1) is 8.72. The Labute approximate surface area is 108 Å². The van der Waals surface area contributed by atoms with Crippen molar-refractivity contribution in [2.24, 2.45) is 5.73 Å². The van der Waals surface area contributed by atoms with Crippen LogP contribution in [0.15, 0.2) is 34.7 Å². The highest BCUT2D eigenvalue weighted by Crippen LogP contribution is 2.18. The minimum absolute atomic E-state index is 0.428. The molecule has 0 aliphatic carbocycles. The first kappa shape index (κ1) is 12.7. The second-order valence-electron chi connectivity index (χ2n) is 4.31. The molecular formula is C15H19NO2. The summed E-state index contributed by atoms with van der Waals surface area (Å²) >= 11 is 0. The number of ether oxygens (including phenoxy) is 1. The molecule has 0 bridgehead atoms. The van der Waals surface area contributed by atoms with Crippen molar-refractivity contribution in [3.05, 3.63) is 53.0 Å². The van der Waals surface area contributed by atoms with Crippen molar-refractivity contribution in [2.45, 2.75) is 33.4 Å². The van der Waals surface area contributed by atoms with Crippen LogP contribution >= 0.6 is 0 Å². The molecule has 1 aromatic heterocycles. The van der Waals surface area contributed by atoms with Gasteiger partial charge in [-0.3, -0.25) is 0 Å². The van der Waals surface area contributed by atoms with Crippen molar-refractivity contribution in [3.63, 3.8) is 0 Å². The average molecular weight is 245 g/mol. The summed E-state index contributed by atoms with van der Waals surface area (Å²) < 4.78 is 11.3.